The first-order chi connectivity index (χ1) is 14.8. The van der Waals surface area contributed by atoms with Crippen LogP contribution in [0.1, 0.15) is 52.9 Å². The van der Waals surface area contributed by atoms with E-state index in [1.165, 1.54) is 12.1 Å². The number of aliphatic hydroxyl groups is 1. The molecule has 3 rings (SSSR count). The van der Waals surface area contributed by atoms with Crippen molar-refractivity contribution < 1.29 is 28.6 Å². The van der Waals surface area contributed by atoms with Gasteiger partial charge in [0.2, 0.25) is 11.8 Å². The van der Waals surface area contributed by atoms with E-state index >= 15 is 0 Å². The fraction of sp³-hybridized carbons (Fsp3) is 0.591. The molecule has 2 fully saturated rings. The van der Waals surface area contributed by atoms with Gasteiger partial charge in [0.05, 0.1) is 22.7 Å². The van der Waals surface area contributed by atoms with E-state index < -0.39 is 34.9 Å². The molecule has 0 spiro atoms. The number of carbonyl (C=O) groups is 3. The summed E-state index contributed by atoms with van der Waals surface area (Å²) in [7, 11) is 0. The molecule has 1 atom stereocenters. The summed E-state index contributed by atoms with van der Waals surface area (Å²) >= 11 is 6.36. The molecule has 2 saturated heterocycles. The van der Waals surface area contributed by atoms with E-state index in [2.05, 4.69) is 10.6 Å². The highest BCUT2D eigenvalue weighted by Crippen LogP contribution is 2.37. The maximum absolute atomic E-state index is 14.9. The van der Waals surface area contributed by atoms with Crippen molar-refractivity contribution in [2.24, 2.45) is 0 Å². The maximum Gasteiger partial charge on any atom is 0.309 e. The van der Waals surface area contributed by atoms with E-state index in [9.17, 15) is 23.9 Å². The zero-order valence-corrected chi connectivity index (χ0v) is 19.2. The van der Waals surface area contributed by atoms with Gasteiger partial charge in [-0.3, -0.25) is 19.7 Å². The fourth-order valence-corrected chi connectivity index (χ4v) is 4.28. The summed E-state index contributed by atoms with van der Waals surface area (Å²) in [5.74, 6) is -1.82. The number of nitrogens with zero attached hydrogens (tertiary/aromatic N) is 1. The quantitative estimate of drug-likeness (QED) is 0.449. The number of nitrogens with one attached hydrogen (secondary N) is 2. The van der Waals surface area contributed by atoms with Crippen LogP contribution in [-0.2, 0) is 19.1 Å². The number of ether oxygens (including phenoxy) is 1. The van der Waals surface area contributed by atoms with Crippen LogP contribution in [0.25, 0.3) is 0 Å². The topological polar surface area (TPSA) is 108 Å². The third-order valence-electron chi connectivity index (χ3n) is 5.50. The van der Waals surface area contributed by atoms with E-state index in [-0.39, 0.29) is 42.3 Å². The van der Waals surface area contributed by atoms with Gasteiger partial charge >= 0.3 is 5.97 Å². The molecular weight excluding hydrogens is 441 g/mol. The molecule has 1 aromatic rings. The molecule has 0 aromatic heterocycles. The van der Waals surface area contributed by atoms with Crippen molar-refractivity contribution in [3.8, 4) is 0 Å². The van der Waals surface area contributed by atoms with E-state index in [4.69, 9.17) is 16.3 Å². The Bertz CT molecular complexity index is 886. The Morgan fingerprint density at radius 1 is 1.34 bits per heavy atom. The molecule has 1 aromatic carbocycles. The Morgan fingerprint density at radius 2 is 2.00 bits per heavy atom. The highest BCUT2D eigenvalue weighted by molar-refractivity contribution is 6.33. The lowest BCUT2D eigenvalue weighted by atomic mass is 9.88. The molecule has 176 valence electrons. The van der Waals surface area contributed by atoms with Crippen molar-refractivity contribution in [1.82, 2.24) is 5.32 Å². The van der Waals surface area contributed by atoms with Crippen LogP contribution in [0.15, 0.2) is 12.1 Å². The first-order valence-electron chi connectivity index (χ1n) is 10.6. The molecule has 8 nitrogen and oxygen atoms in total. The Hall–Kier alpha value is -2.39. The minimum atomic E-state index is -1.21. The van der Waals surface area contributed by atoms with Gasteiger partial charge in [-0.15, -0.1) is 0 Å². The van der Waals surface area contributed by atoms with Crippen LogP contribution in [0.3, 0.4) is 0 Å². The van der Waals surface area contributed by atoms with Gasteiger partial charge in [0.15, 0.2) is 0 Å². The van der Waals surface area contributed by atoms with Gasteiger partial charge in [-0.25, -0.2) is 4.39 Å². The number of anilines is 2. The van der Waals surface area contributed by atoms with E-state index in [0.717, 1.165) is 0 Å². The van der Waals surface area contributed by atoms with Crippen molar-refractivity contribution in [2.45, 2.75) is 70.1 Å². The van der Waals surface area contributed by atoms with Crippen molar-refractivity contribution in [2.75, 3.05) is 23.3 Å². The van der Waals surface area contributed by atoms with Crippen LogP contribution in [0.5, 0.6) is 0 Å². The zero-order chi connectivity index (χ0) is 23.7. The molecular formula is C22H29ClFN3O5. The van der Waals surface area contributed by atoms with Crippen LogP contribution in [0.4, 0.5) is 15.8 Å². The van der Waals surface area contributed by atoms with Gasteiger partial charge in [-0.05, 0) is 52.2 Å². The number of halogens is 2. The molecule has 2 heterocycles. The number of carbonyl (C=O) groups excluding carboxylic acids is 3. The second-order valence-corrected chi connectivity index (χ2v) is 9.82. The van der Waals surface area contributed by atoms with Gasteiger partial charge in [0.1, 0.15) is 17.5 Å². The molecule has 0 radical (unpaired) electrons. The molecule has 2 amide bonds. The number of esters is 1. The zero-order valence-electron chi connectivity index (χ0n) is 18.5. The summed E-state index contributed by atoms with van der Waals surface area (Å²) in [6.07, 6.45) is 0.922. The van der Waals surface area contributed by atoms with Crippen LogP contribution in [0, 0.1) is 5.82 Å². The summed E-state index contributed by atoms with van der Waals surface area (Å²) in [4.78, 5) is 37.0. The molecule has 2 aliphatic heterocycles. The largest absolute Gasteiger partial charge is 0.460 e. The fourth-order valence-electron chi connectivity index (χ4n) is 3.95. The minimum Gasteiger partial charge on any atom is -0.460 e. The predicted molar refractivity (Wildman–Crippen MR) is 118 cm³/mol. The number of piperidine rings is 2. The lowest BCUT2D eigenvalue weighted by Crippen LogP contribution is -2.47. The van der Waals surface area contributed by atoms with Crippen molar-refractivity contribution >= 4 is 40.8 Å². The molecule has 10 heteroatoms. The van der Waals surface area contributed by atoms with Gasteiger partial charge in [-0.1, -0.05) is 11.6 Å². The average molecular weight is 470 g/mol. The number of benzene rings is 1. The molecule has 32 heavy (non-hydrogen) atoms. The summed E-state index contributed by atoms with van der Waals surface area (Å²) in [5, 5.41) is 16.1. The average Bonchev–Trinajstić information content (AvgIpc) is 2.63. The summed E-state index contributed by atoms with van der Waals surface area (Å²) in [6, 6.07) is 2.14. The number of amides is 2. The van der Waals surface area contributed by atoms with Gasteiger partial charge in [0, 0.05) is 25.2 Å². The first-order valence-corrected chi connectivity index (χ1v) is 11.0. The van der Waals surface area contributed by atoms with Crippen LogP contribution in [-0.4, -0.2) is 53.2 Å². The SMILES string of the molecule is CC(C)(C)OC(=O)CC1(O)CCN(c2c(F)cc(N[C@H]3CCC(=O)NC3=O)cc2Cl)CC1. The second kappa shape index (κ2) is 9.23. The smallest absolute Gasteiger partial charge is 0.309 e. The van der Waals surface area contributed by atoms with Crippen molar-refractivity contribution in [3.63, 3.8) is 0 Å². The van der Waals surface area contributed by atoms with Gasteiger partial charge in [0.25, 0.3) is 0 Å². The molecule has 0 bridgehead atoms. The monoisotopic (exact) mass is 469 g/mol. The molecule has 3 N–H and O–H groups in total. The van der Waals surface area contributed by atoms with Crippen molar-refractivity contribution in [3.05, 3.63) is 23.0 Å². The van der Waals surface area contributed by atoms with E-state index in [0.29, 0.717) is 25.2 Å². The Kier molecular flexibility index (Phi) is 7.00. The predicted octanol–water partition coefficient (Wildman–Crippen LogP) is 2.76. The second-order valence-electron chi connectivity index (χ2n) is 9.41. The van der Waals surface area contributed by atoms with Gasteiger partial charge in [-0.2, -0.15) is 0 Å². The Morgan fingerprint density at radius 3 is 2.56 bits per heavy atom. The van der Waals surface area contributed by atoms with Gasteiger partial charge < -0.3 is 20.1 Å². The van der Waals surface area contributed by atoms with Crippen LogP contribution >= 0.6 is 11.6 Å². The highest BCUT2D eigenvalue weighted by Gasteiger charge is 2.37. The lowest BCUT2D eigenvalue weighted by Gasteiger charge is -2.39. The molecule has 2 aliphatic rings. The summed E-state index contributed by atoms with van der Waals surface area (Å²) < 4.78 is 20.2. The maximum atomic E-state index is 14.9. The van der Waals surface area contributed by atoms with Crippen LogP contribution in [0.2, 0.25) is 5.02 Å². The molecule has 0 aliphatic carbocycles. The first kappa shape index (κ1) is 24.3. The molecule has 0 unspecified atom stereocenters. The standard InChI is InChI=1S/C22H29ClFN3O5/c1-21(2,3)32-18(29)12-22(31)6-8-27(9-7-22)19-14(23)10-13(11-15(19)24)25-16-4-5-17(28)26-20(16)30/h10-11,16,25,31H,4-9,12H2,1-3H3,(H,26,28,30)/t16-/m0/s1. The Labute approximate surface area is 191 Å². The van der Waals surface area contributed by atoms with E-state index in [1.807, 2.05) is 0 Å². The third kappa shape index (κ3) is 6.10. The third-order valence-corrected chi connectivity index (χ3v) is 5.79. The minimum absolute atomic E-state index is 0.122. The van der Waals surface area contributed by atoms with Crippen LogP contribution < -0.4 is 15.5 Å². The number of hydrogen-bond acceptors (Lipinski definition) is 7. The lowest BCUT2D eigenvalue weighted by molar-refractivity contribution is -0.161. The summed E-state index contributed by atoms with van der Waals surface area (Å²) in [6.45, 7) is 5.93. The highest BCUT2D eigenvalue weighted by atomic mass is 35.5. The number of hydrogen-bond donors (Lipinski definition) is 3. The number of rotatable bonds is 5. The van der Waals surface area contributed by atoms with Crippen molar-refractivity contribution in [1.29, 1.82) is 0 Å². The van der Waals surface area contributed by atoms with E-state index in [1.54, 1.807) is 25.7 Å². The number of imide groups is 1. The Balaban J connectivity index is 1.63. The normalized spacial score (nSPS) is 21.2. The summed E-state index contributed by atoms with van der Waals surface area (Å²) in [5.41, 5.74) is -1.30. The molecule has 0 saturated carbocycles.